The molecule has 0 saturated carbocycles. The van der Waals surface area contributed by atoms with Crippen LogP contribution in [-0.4, -0.2) is 32.8 Å². The monoisotopic (exact) mass is 387 g/mol. The van der Waals surface area contributed by atoms with Crippen molar-refractivity contribution in [2.75, 3.05) is 14.2 Å². The molecule has 0 aliphatic heterocycles. The fraction of sp³-hybridized carbons (Fsp3) is 0.211. The summed E-state index contributed by atoms with van der Waals surface area (Å²) in [5, 5.41) is 12.5. The van der Waals surface area contributed by atoms with E-state index in [-0.39, 0.29) is 4.90 Å². The van der Waals surface area contributed by atoms with Crippen LogP contribution in [0.2, 0.25) is 0 Å². The molecule has 0 amide bonds. The van der Waals surface area contributed by atoms with E-state index in [1.165, 1.54) is 0 Å². The number of aromatic amines is 1. The Morgan fingerprint density at radius 3 is 1.81 bits per heavy atom. The zero-order chi connectivity index (χ0) is 19.4. The topological polar surface area (TPSA) is 107 Å². The van der Waals surface area contributed by atoms with Crippen LogP contribution in [0.4, 0.5) is 0 Å². The number of hydrogen-bond donors (Lipinski definition) is 2. The smallest absolute Gasteiger partial charge is 0.241 e. The maximum absolute atomic E-state index is 12.2. The van der Waals surface area contributed by atoms with Crippen LogP contribution in [0.15, 0.2) is 53.4 Å². The molecule has 27 heavy (non-hydrogen) atoms. The number of nitrogens with two attached hydrogens (primary N) is 1. The molecule has 0 aliphatic rings. The lowest BCUT2D eigenvalue weighted by molar-refractivity contribution is 0.414. The first-order valence-corrected chi connectivity index (χ1v) is 9.80. The number of nitrogens with one attached hydrogen (secondary N) is 1. The second-order valence-corrected chi connectivity index (χ2v) is 7.57. The molecule has 0 spiro atoms. The summed E-state index contributed by atoms with van der Waals surface area (Å²) >= 11 is 0. The van der Waals surface area contributed by atoms with E-state index in [1.807, 2.05) is 48.5 Å². The van der Waals surface area contributed by atoms with Crippen molar-refractivity contribution in [2.24, 2.45) is 5.14 Å². The number of primary sulfonamides is 1. The molecule has 142 valence electrons. The summed E-state index contributed by atoms with van der Waals surface area (Å²) in [5.74, 6) is 1.46. The minimum absolute atomic E-state index is 0.0501. The lowest BCUT2D eigenvalue weighted by Gasteiger charge is -2.06. The van der Waals surface area contributed by atoms with Crippen molar-refractivity contribution in [3.05, 3.63) is 71.0 Å². The van der Waals surface area contributed by atoms with E-state index in [9.17, 15) is 8.42 Å². The van der Waals surface area contributed by atoms with Gasteiger partial charge in [-0.15, -0.1) is 0 Å². The van der Waals surface area contributed by atoms with Gasteiger partial charge in [0.1, 0.15) is 16.4 Å². The van der Waals surface area contributed by atoms with Crippen LogP contribution in [0, 0.1) is 0 Å². The van der Waals surface area contributed by atoms with Crippen molar-refractivity contribution in [1.82, 2.24) is 10.2 Å². The van der Waals surface area contributed by atoms with Crippen molar-refractivity contribution < 1.29 is 17.9 Å². The van der Waals surface area contributed by atoms with Gasteiger partial charge in [0, 0.05) is 12.8 Å². The van der Waals surface area contributed by atoms with Crippen LogP contribution in [0.5, 0.6) is 11.5 Å². The van der Waals surface area contributed by atoms with Crippen LogP contribution >= 0.6 is 0 Å². The molecule has 1 aromatic heterocycles. The summed E-state index contributed by atoms with van der Waals surface area (Å²) < 4.78 is 34.7. The SMILES string of the molecule is COc1ccc(Cc2n[nH]c(Cc3ccc(OC)cc3)c2S(N)(=O)=O)cc1. The Labute approximate surface area is 158 Å². The van der Waals surface area contributed by atoms with E-state index in [0.717, 1.165) is 22.6 Å². The quantitative estimate of drug-likeness (QED) is 0.647. The number of benzene rings is 2. The molecule has 0 radical (unpaired) electrons. The highest BCUT2D eigenvalue weighted by atomic mass is 32.2. The Morgan fingerprint density at radius 2 is 1.37 bits per heavy atom. The van der Waals surface area contributed by atoms with Crippen LogP contribution in [0.25, 0.3) is 0 Å². The number of H-pyrrole nitrogens is 1. The predicted octanol–water partition coefficient (Wildman–Crippen LogP) is 2.26. The number of methoxy groups -OCH3 is 2. The molecular weight excluding hydrogens is 366 g/mol. The molecule has 0 fully saturated rings. The van der Waals surface area contributed by atoms with E-state index < -0.39 is 10.0 Å². The van der Waals surface area contributed by atoms with Crippen LogP contribution in [-0.2, 0) is 22.9 Å². The lowest BCUT2D eigenvalue weighted by Crippen LogP contribution is -2.16. The van der Waals surface area contributed by atoms with E-state index >= 15 is 0 Å². The molecule has 0 aliphatic carbocycles. The van der Waals surface area contributed by atoms with Gasteiger partial charge in [-0.3, -0.25) is 5.10 Å². The molecule has 0 bridgehead atoms. The average molecular weight is 387 g/mol. The highest BCUT2D eigenvalue weighted by molar-refractivity contribution is 7.89. The first-order valence-electron chi connectivity index (χ1n) is 8.25. The molecule has 0 atom stereocenters. The number of ether oxygens (including phenoxy) is 2. The maximum atomic E-state index is 12.2. The lowest BCUT2D eigenvalue weighted by atomic mass is 10.1. The highest BCUT2D eigenvalue weighted by Gasteiger charge is 2.23. The summed E-state index contributed by atoms with van der Waals surface area (Å²) in [6.45, 7) is 0. The fourth-order valence-corrected chi connectivity index (χ4v) is 3.78. The third-order valence-electron chi connectivity index (χ3n) is 4.22. The third-order valence-corrected chi connectivity index (χ3v) is 5.27. The van der Waals surface area contributed by atoms with E-state index in [0.29, 0.717) is 24.2 Å². The molecule has 0 unspecified atom stereocenters. The molecule has 0 saturated heterocycles. The third kappa shape index (κ3) is 4.47. The van der Waals surface area contributed by atoms with Crippen LogP contribution < -0.4 is 14.6 Å². The average Bonchev–Trinajstić information content (AvgIpc) is 3.05. The Hall–Kier alpha value is -2.84. The summed E-state index contributed by atoms with van der Waals surface area (Å²) in [6.07, 6.45) is 0.709. The van der Waals surface area contributed by atoms with E-state index in [2.05, 4.69) is 10.2 Å². The van der Waals surface area contributed by atoms with Crippen molar-refractivity contribution in [3.8, 4) is 11.5 Å². The Morgan fingerprint density at radius 1 is 0.889 bits per heavy atom. The van der Waals surface area contributed by atoms with Gasteiger partial charge >= 0.3 is 0 Å². The molecule has 3 rings (SSSR count). The number of sulfonamides is 1. The number of rotatable bonds is 7. The number of hydrogen-bond acceptors (Lipinski definition) is 5. The van der Waals surface area contributed by atoms with Gasteiger partial charge in [0.05, 0.1) is 25.6 Å². The summed E-state index contributed by atoms with van der Waals surface area (Å²) in [6, 6.07) is 14.7. The zero-order valence-electron chi connectivity index (χ0n) is 15.1. The molecule has 3 aromatic rings. The molecule has 1 heterocycles. The first-order chi connectivity index (χ1) is 12.9. The summed E-state index contributed by atoms with van der Waals surface area (Å²) in [5.41, 5.74) is 2.68. The van der Waals surface area contributed by atoms with Gasteiger partial charge in [-0.2, -0.15) is 5.10 Å². The highest BCUT2D eigenvalue weighted by Crippen LogP contribution is 2.24. The van der Waals surface area contributed by atoms with Crippen LogP contribution in [0.1, 0.15) is 22.5 Å². The molecule has 8 heteroatoms. The van der Waals surface area contributed by atoms with E-state index in [1.54, 1.807) is 14.2 Å². The minimum Gasteiger partial charge on any atom is -0.497 e. The van der Waals surface area contributed by atoms with Gasteiger partial charge in [-0.05, 0) is 35.4 Å². The van der Waals surface area contributed by atoms with Crippen molar-refractivity contribution >= 4 is 10.0 Å². The molecule has 2 aromatic carbocycles. The van der Waals surface area contributed by atoms with Crippen molar-refractivity contribution in [2.45, 2.75) is 17.7 Å². The first kappa shape index (κ1) is 18.9. The predicted molar refractivity (Wildman–Crippen MR) is 102 cm³/mol. The van der Waals surface area contributed by atoms with Gasteiger partial charge in [0.15, 0.2) is 0 Å². The number of nitrogens with zero attached hydrogens (tertiary/aromatic N) is 1. The van der Waals surface area contributed by atoms with E-state index in [4.69, 9.17) is 14.6 Å². The second-order valence-electron chi connectivity index (χ2n) is 6.07. The van der Waals surface area contributed by atoms with Crippen LogP contribution in [0.3, 0.4) is 0 Å². The molecule has 7 nitrogen and oxygen atoms in total. The Balaban J connectivity index is 1.90. The second kappa shape index (κ2) is 7.81. The maximum Gasteiger partial charge on any atom is 0.241 e. The molecule has 3 N–H and O–H groups in total. The minimum atomic E-state index is -3.93. The standard InChI is InChI=1S/C19H21N3O4S/c1-25-15-7-3-13(4-8-15)11-17-19(27(20,23)24)18(22-21-17)12-14-5-9-16(26-2)10-6-14/h3-10H,11-12H2,1-2H3,(H,21,22)(H2,20,23,24). The van der Waals surface area contributed by atoms with Gasteiger partial charge in [0.25, 0.3) is 0 Å². The van der Waals surface area contributed by atoms with Gasteiger partial charge in [0.2, 0.25) is 10.0 Å². The summed E-state index contributed by atoms with van der Waals surface area (Å²) in [4.78, 5) is 0.0501. The normalized spacial score (nSPS) is 11.4. The Kier molecular flexibility index (Phi) is 5.48. The van der Waals surface area contributed by atoms with Gasteiger partial charge in [-0.25, -0.2) is 13.6 Å². The summed E-state index contributed by atoms with van der Waals surface area (Å²) in [7, 11) is -0.748. The Bertz CT molecular complexity index is 943. The van der Waals surface area contributed by atoms with Gasteiger partial charge < -0.3 is 9.47 Å². The fourth-order valence-electron chi connectivity index (χ4n) is 2.87. The number of aromatic nitrogens is 2. The molecular formula is C19H21N3O4S. The van der Waals surface area contributed by atoms with Crippen molar-refractivity contribution in [3.63, 3.8) is 0 Å². The largest absolute Gasteiger partial charge is 0.497 e. The van der Waals surface area contributed by atoms with Gasteiger partial charge in [-0.1, -0.05) is 24.3 Å². The van der Waals surface area contributed by atoms with Crippen molar-refractivity contribution in [1.29, 1.82) is 0 Å². The zero-order valence-corrected chi connectivity index (χ0v) is 15.9.